The summed E-state index contributed by atoms with van der Waals surface area (Å²) >= 11 is 0. The number of ether oxygens (including phenoxy) is 1. The molecule has 10 nitrogen and oxygen atoms in total. The van der Waals surface area contributed by atoms with Gasteiger partial charge in [0.15, 0.2) is 5.76 Å². The highest BCUT2D eigenvalue weighted by Gasteiger charge is 2.28. The second-order valence-corrected chi connectivity index (χ2v) is 8.51. The largest absolute Gasteiger partial charge is 0.495 e. The van der Waals surface area contributed by atoms with E-state index in [0.717, 1.165) is 12.8 Å². The molecule has 1 amide bonds. The zero-order valence-corrected chi connectivity index (χ0v) is 16.9. The first-order valence-corrected chi connectivity index (χ1v) is 10.8. The van der Waals surface area contributed by atoms with Gasteiger partial charge in [0.2, 0.25) is 27.6 Å². The summed E-state index contributed by atoms with van der Waals surface area (Å²) < 4.78 is 43.0. The lowest BCUT2D eigenvalue weighted by atomic mass is 10.2. The first kappa shape index (κ1) is 20.1. The van der Waals surface area contributed by atoms with E-state index in [1.54, 1.807) is 12.1 Å². The topological polar surface area (TPSA) is 137 Å². The van der Waals surface area contributed by atoms with Gasteiger partial charge in [-0.2, -0.15) is 4.98 Å². The number of rotatable bonds is 9. The minimum absolute atomic E-state index is 0.0179. The number of anilines is 1. The van der Waals surface area contributed by atoms with Crippen molar-refractivity contribution in [3.8, 4) is 17.3 Å². The van der Waals surface area contributed by atoms with Crippen LogP contribution in [0.2, 0.25) is 0 Å². The molecule has 0 bridgehead atoms. The van der Waals surface area contributed by atoms with Crippen molar-refractivity contribution in [3.63, 3.8) is 0 Å². The number of aryl methyl sites for hydroxylation is 1. The Labute approximate surface area is 172 Å². The van der Waals surface area contributed by atoms with Crippen LogP contribution in [-0.4, -0.2) is 37.6 Å². The SMILES string of the molecule is COc1ccc(S(=O)(=O)NC2CC2)cc1NC(=O)CCc1nc(-c2ccco2)no1. The Balaban J connectivity index is 1.41. The van der Waals surface area contributed by atoms with Gasteiger partial charge in [-0.1, -0.05) is 5.16 Å². The van der Waals surface area contributed by atoms with Crippen LogP contribution in [0.3, 0.4) is 0 Å². The molecule has 158 valence electrons. The van der Waals surface area contributed by atoms with Crippen LogP contribution < -0.4 is 14.8 Å². The molecule has 1 saturated carbocycles. The van der Waals surface area contributed by atoms with Crippen LogP contribution >= 0.6 is 0 Å². The van der Waals surface area contributed by atoms with Crippen LogP contribution in [0, 0.1) is 0 Å². The third-order valence-electron chi connectivity index (χ3n) is 4.43. The van der Waals surface area contributed by atoms with Crippen molar-refractivity contribution in [1.82, 2.24) is 14.9 Å². The van der Waals surface area contributed by atoms with E-state index in [4.69, 9.17) is 13.7 Å². The summed E-state index contributed by atoms with van der Waals surface area (Å²) in [6.45, 7) is 0. The third kappa shape index (κ3) is 4.69. The Kier molecular flexibility index (Phi) is 5.55. The number of sulfonamides is 1. The maximum absolute atomic E-state index is 12.4. The molecule has 1 aliphatic rings. The van der Waals surface area contributed by atoms with Gasteiger partial charge in [0.05, 0.1) is 24.0 Å². The average Bonchev–Trinajstić information content (AvgIpc) is 3.19. The number of benzene rings is 1. The predicted octanol–water partition coefficient (Wildman–Crippen LogP) is 2.35. The van der Waals surface area contributed by atoms with Crippen molar-refractivity contribution < 1.29 is 26.9 Å². The van der Waals surface area contributed by atoms with Gasteiger partial charge in [0, 0.05) is 18.9 Å². The number of furan rings is 1. The molecule has 1 aliphatic carbocycles. The van der Waals surface area contributed by atoms with Crippen LogP contribution in [0.4, 0.5) is 5.69 Å². The van der Waals surface area contributed by atoms with E-state index >= 15 is 0 Å². The molecule has 1 aromatic carbocycles. The maximum Gasteiger partial charge on any atom is 0.240 e. The molecule has 0 radical (unpaired) electrons. The van der Waals surface area contributed by atoms with Crippen LogP contribution in [0.5, 0.6) is 5.75 Å². The number of methoxy groups -OCH3 is 1. The van der Waals surface area contributed by atoms with Crippen LogP contribution in [0.1, 0.15) is 25.2 Å². The maximum atomic E-state index is 12.4. The molecule has 2 aromatic heterocycles. The second-order valence-electron chi connectivity index (χ2n) is 6.79. The van der Waals surface area contributed by atoms with Gasteiger partial charge in [-0.25, -0.2) is 13.1 Å². The van der Waals surface area contributed by atoms with Gasteiger partial charge in [-0.05, 0) is 43.2 Å². The lowest BCUT2D eigenvalue weighted by molar-refractivity contribution is -0.116. The number of nitrogens with zero attached hydrogens (tertiary/aromatic N) is 2. The minimum atomic E-state index is -3.65. The van der Waals surface area contributed by atoms with Crippen molar-refractivity contribution in [2.45, 2.75) is 36.6 Å². The van der Waals surface area contributed by atoms with Gasteiger partial charge < -0.3 is 19.0 Å². The lowest BCUT2D eigenvalue weighted by Crippen LogP contribution is -2.26. The number of carbonyl (C=O) groups excluding carboxylic acids is 1. The lowest BCUT2D eigenvalue weighted by Gasteiger charge is -2.12. The van der Waals surface area contributed by atoms with E-state index in [0.29, 0.717) is 17.3 Å². The second kappa shape index (κ2) is 8.28. The highest BCUT2D eigenvalue weighted by atomic mass is 32.2. The summed E-state index contributed by atoms with van der Waals surface area (Å²) in [6.07, 6.45) is 3.43. The van der Waals surface area contributed by atoms with E-state index in [2.05, 4.69) is 20.2 Å². The van der Waals surface area contributed by atoms with E-state index in [1.165, 1.54) is 31.6 Å². The fourth-order valence-electron chi connectivity index (χ4n) is 2.74. The molecule has 30 heavy (non-hydrogen) atoms. The zero-order chi connectivity index (χ0) is 21.1. The van der Waals surface area contributed by atoms with Crippen molar-refractivity contribution >= 4 is 21.6 Å². The van der Waals surface area contributed by atoms with E-state index in [9.17, 15) is 13.2 Å². The molecule has 3 aromatic rings. The minimum Gasteiger partial charge on any atom is -0.495 e. The number of aromatic nitrogens is 2. The fourth-order valence-corrected chi connectivity index (χ4v) is 4.07. The Morgan fingerprint density at radius 1 is 1.30 bits per heavy atom. The molecule has 2 heterocycles. The Morgan fingerprint density at radius 3 is 2.83 bits per heavy atom. The summed E-state index contributed by atoms with van der Waals surface area (Å²) in [5.41, 5.74) is 0.267. The van der Waals surface area contributed by atoms with Crippen LogP contribution in [0.25, 0.3) is 11.6 Å². The number of hydrogen-bond donors (Lipinski definition) is 2. The number of nitrogens with one attached hydrogen (secondary N) is 2. The van der Waals surface area contributed by atoms with E-state index in [-0.39, 0.29) is 41.3 Å². The Hall–Kier alpha value is -3.18. The molecule has 0 unspecified atom stereocenters. The molecule has 4 rings (SSSR count). The molecule has 2 N–H and O–H groups in total. The zero-order valence-electron chi connectivity index (χ0n) is 16.1. The fraction of sp³-hybridized carbons (Fsp3) is 0.316. The van der Waals surface area contributed by atoms with Gasteiger partial charge in [0.1, 0.15) is 5.75 Å². The summed E-state index contributed by atoms with van der Waals surface area (Å²) in [7, 11) is -2.21. The Morgan fingerprint density at radius 2 is 2.13 bits per heavy atom. The molecule has 0 saturated heterocycles. The summed E-state index contributed by atoms with van der Waals surface area (Å²) in [4.78, 5) is 16.6. The monoisotopic (exact) mass is 432 g/mol. The first-order valence-electron chi connectivity index (χ1n) is 9.31. The quantitative estimate of drug-likeness (QED) is 0.526. The summed E-state index contributed by atoms with van der Waals surface area (Å²) in [5.74, 6) is 1.06. The molecule has 11 heteroatoms. The molecular weight excluding hydrogens is 412 g/mol. The van der Waals surface area contributed by atoms with Gasteiger partial charge in [-0.3, -0.25) is 4.79 Å². The standard InChI is InChI=1S/C19H20N4O6S/c1-27-15-7-6-13(30(25,26)23-12-4-5-12)11-14(15)20-17(24)8-9-18-21-19(22-29-18)16-3-2-10-28-16/h2-3,6-7,10-12,23H,4-5,8-9H2,1H3,(H,20,24). The summed E-state index contributed by atoms with van der Waals surface area (Å²) in [5, 5.41) is 6.49. The van der Waals surface area contributed by atoms with Crippen molar-refractivity contribution in [1.29, 1.82) is 0 Å². The van der Waals surface area contributed by atoms with E-state index < -0.39 is 10.0 Å². The van der Waals surface area contributed by atoms with Crippen molar-refractivity contribution in [2.24, 2.45) is 0 Å². The third-order valence-corrected chi connectivity index (χ3v) is 5.95. The molecule has 0 aliphatic heterocycles. The van der Waals surface area contributed by atoms with Crippen molar-refractivity contribution in [2.75, 3.05) is 12.4 Å². The van der Waals surface area contributed by atoms with Crippen LogP contribution in [-0.2, 0) is 21.2 Å². The number of carbonyl (C=O) groups is 1. The first-order chi connectivity index (χ1) is 14.4. The average molecular weight is 432 g/mol. The number of hydrogen-bond acceptors (Lipinski definition) is 8. The molecule has 1 fully saturated rings. The highest BCUT2D eigenvalue weighted by Crippen LogP contribution is 2.29. The molecular formula is C19H20N4O6S. The van der Waals surface area contributed by atoms with E-state index in [1.807, 2.05) is 0 Å². The molecule has 0 atom stereocenters. The Bertz CT molecular complexity index is 1140. The van der Waals surface area contributed by atoms with Crippen LogP contribution in [0.15, 0.2) is 50.4 Å². The molecule has 0 spiro atoms. The predicted molar refractivity (Wildman–Crippen MR) is 105 cm³/mol. The highest BCUT2D eigenvalue weighted by molar-refractivity contribution is 7.89. The smallest absolute Gasteiger partial charge is 0.240 e. The normalized spacial score (nSPS) is 13.9. The van der Waals surface area contributed by atoms with Crippen molar-refractivity contribution in [3.05, 3.63) is 42.5 Å². The van der Waals surface area contributed by atoms with Gasteiger partial charge in [0.25, 0.3) is 0 Å². The van der Waals surface area contributed by atoms with Gasteiger partial charge in [-0.15, -0.1) is 0 Å². The summed E-state index contributed by atoms with van der Waals surface area (Å²) in [6, 6.07) is 7.71. The van der Waals surface area contributed by atoms with Gasteiger partial charge >= 0.3 is 0 Å². The number of amides is 1.